The molecule has 8 heteroatoms. The first kappa shape index (κ1) is 16.8. The number of hydrogen-bond donors (Lipinski definition) is 0. The zero-order valence-electron chi connectivity index (χ0n) is 14.4. The van der Waals surface area contributed by atoms with E-state index in [9.17, 15) is 13.6 Å². The summed E-state index contributed by atoms with van der Waals surface area (Å²) in [5, 5.41) is 0. The minimum Gasteiger partial charge on any atom is -0.339 e. The lowest BCUT2D eigenvalue weighted by atomic mass is 9.92. The first-order valence-electron chi connectivity index (χ1n) is 8.47. The molecular formula is C18H19F2N5O. The molecule has 1 aromatic carbocycles. The van der Waals surface area contributed by atoms with E-state index < -0.39 is 5.82 Å². The van der Waals surface area contributed by atoms with Gasteiger partial charge in [0.1, 0.15) is 5.82 Å². The molecule has 2 aliphatic rings. The Morgan fingerprint density at radius 3 is 2.62 bits per heavy atom. The van der Waals surface area contributed by atoms with E-state index >= 15 is 0 Å². The Balaban J connectivity index is 1.59. The van der Waals surface area contributed by atoms with E-state index in [1.807, 2.05) is 11.9 Å². The average molecular weight is 359 g/mol. The van der Waals surface area contributed by atoms with E-state index in [0.29, 0.717) is 31.3 Å². The number of carbonyl (C=O) groups excluding carboxylic acids is 1. The highest BCUT2D eigenvalue weighted by molar-refractivity contribution is 5.96. The SMILES string of the molecule is CN1CC(=O)N(c2cccc(F)c2)C[C@]12CCN(c1ncc(F)cn1)C2. The second-order valence-electron chi connectivity index (χ2n) is 6.91. The molecule has 26 heavy (non-hydrogen) atoms. The van der Waals surface area contributed by atoms with Crippen molar-refractivity contribution in [2.24, 2.45) is 0 Å². The Labute approximate surface area is 150 Å². The summed E-state index contributed by atoms with van der Waals surface area (Å²) in [6, 6.07) is 6.10. The lowest BCUT2D eigenvalue weighted by molar-refractivity contribution is -0.123. The molecule has 0 saturated carbocycles. The summed E-state index contributed by atoms with van der Waals surface area (Å²) < 4.78 is 26.7. The van der Waals surface area contributed by atoms with Gasteiger partial charge in [0, 0.05) is 25.3 Å². The number of hydrogen-bond acceptors (Lipinski definition) is 5. The summed E-state index contributed by atoms with van der Waals surface area (Å²) in [7, 11) is 1.93. The Kier molecular flexibility index (Phi) is 4.07. The molecule has 2 aliphatic heterocycles. The molecule has 3 heterocycles. The molecule has 1 aromatic heterocycles. The molecule has 136 valence electrons. The average Bonchev–Trinajstić information content (AvgIpc) is 3.04. The van der Waals surface area contributed by atoms with Gasteiger partial charge >= 0.3 is 0 Å². The number of benzene rings is 1. The lowest BCUT2D eigenvalue weighted by Gasteiger charge is -2.46. The first-order chi connectivity index (χ1) is 12.5. The Bertz CT molecular complexity index is 831. The number of rotatable bonds is 2. The molecule has 0 bridgehead atoms. The molecule has 1 spiro atoms. The van der Waals surface area contributed by atoms with Crippen LogP contribution in [0.4, 0.5) is 20.4 Å². The van der Waals surface area contributed by atoms with E-state index in [1.165, 1.54) is 12.1 Å². The van der Waals surface area contributed by atoms with Crippen LogP contribution in [-0.2, 0) is 4.79 Å². The maximum atomic E-state index is 13.6. The van der Waals surface area contributed by atoms with Crippen molar-refractivity contribution in [3.63, 3.8) is 0 Å². The van der Waals surface area contributed by atoms with Gasteiger partial charge in [0.25, 0.3) is 0 Å². The topological polar surface area (TPSA) is 52.6 Å². The van der Waals surface area contributed by atoms with Crippen LogP contribution < -0.4 is 9.80 Å². The zero-order valence-corrected chi connectivity index (χ0v) is 14.4. The Morgan fingerprint density at radius 2 is 1.88 bits per heavy atom. The number of amides is 1. The number of halogens is 2. The summed E-state index contributed by atoms with van der Waals surface area (Å²) in [5.74, 6) is -0.414. The van der Waals surface area contributed by atoms with Crippen LogP contribution in [0.3, 0.4) is 0 Å². The molecule has 1 amide bonds. The normalized spacial score (nSPS) is 23.9. The second kappa shape index (κ2) is 6.28. The van der Waals surface area contributed by atoms with Crippen LogP contribution in [0.5, 0.6) is 0 Å². The Hall–Kier alpha value is -2.61. The third-order valence-corrected chi connectivity index (χ3v) is 5.28. The number of piperazine rings is 1. The molecule has 6 nitrogen and oxygen atoms in total. The van der Waals surface area contributed by atoms with E-state index in [-0.39, 0.29) is 23.8 Å². The van der Waals surface area contributed by atoms with Crippen LogP contribution in [0.1, 0.15) is 6.42 Å². The van der Waals surface area contributed by atoms with Crippen LogP contribution in [0.15, 0.2) is 36.7 Å². The van der Waals surface area contributed by atoms with E-state index in [0.717, 1.165) is 18.8 Å². The van der Waals surface area contributed by atoms with Crippen LogP contribution >= 0.6 is 0 Å². The van der Waals surface area contributed by atoms with Gasteiger partial charge in [-0.15, -0.1) is 0 Å². The summed E-state index contributed by atoms with van der Waals surface area (Å²) in [6.07, 6.45) is 3.12. The van der Waals surface area contributed by atoms with Crippen LogP contribution in [-0.4, -0.2) is 59.5 Å². The lowest BCUT2D eigenvalue weighted by Crippen LogP contribution is -2.64. The van der Waals surface area contributed by atoms with E-state index in [1.54, 1.807) is 17.0 Å². The van der Waals surface area contributed by atoms with Crippen molar-refractivity contribution >= 4 is 17.5 Å². The van der Waals surface area contributed by atoms with Gasteiger partial charge in [-0.05, 0) is 31.7 Å². The minimum atomic E-state index is -0.472. The molecule has 0 unspecified atom stereocenters. The number of anilines is 2. The van der Waals surface area contributed by atoms with Crippen molar-refractivity contribution < 1.29 is 13.6 Å². The predicted molar refractivity (Wildman–Crippen MR) is 92.9 cm³/mol. The zero-order chi connectivity index (χ0) is 18.3. The second-order valence-corrected chi connectivity index (χ2v) is 6.91. The van der Waals surface area contributed by atoms with Crippen molar-refractivity contribution in [2.45, 2.75) is 12.0 Å². The monoisotopic (exact) mass is 359 g/mol. The van der Waals surface area contributed by atoms with Gasteiger partial charge in [-0.25, -0.2) is 18.7 Å². The molecule has 4 rings (SSSR count). The van der Waals surface area contributed by atoms with Crippen molar-refractivity contribution in [2.75, 3.05) is 43.0 Å². The van der Waals surface area contributed by atoms with Crippen molar-refractivity contribution in [3.05, 3.63) is 48.3 Å². The van der Waals surface area contributed by atoms with Gasteiger partial charge in [0.15, 0.2) is 5.82 Å². The van der Waals surface area contributed by atoms with Crippen molar-refractivity contribution in [1.82, 2.24) is 14.9 Å². The van der Waals surface area contributed by atoms with Crippen LogP contribution in [0.25, 0.3) is 0 Å². The molecule has 2 fully saturated rings. The minimum absolute atomic E-state index is 0.0554. The number of likely N-dealkylation sites (N-methyl/N-ethyl adjacent to an activating group) is 1. The van der Waals surface area contributed by atoms with Gasteiger partial charge in [-0.1, -0.05) is 6.07 Å². The summed E-state index contributed by atoms with van der Waals surface area (Å²) in [6.45, 7) is 2.05. The van der Waals surface area contributed by atoms with Gasteiger partial charge in [-0.2, -0.15) is 0 Å². The molecule has 2 aromatic rings. The number of nitrogens with zero attached hydrogens (tertiary/aromatic N) is 5. The smallest absolute Gasteiger partial charge is 0.241 e. The summed E-state index contributed by atoms with van der Waals surface area (Å²) in [4.78, 5) is 26.3. The van der Waals surface area contributed by atoms with Crippen LogP contribution in [0.2, 0.25) is 0 Å². The van der Waals surface area contributed by atoms with Gasteiger partial charge in [0.2, 0.25) is 11.9 Å². The number of aromatic nitrogens is 2. The van der Waals surface area contributed by atoms with Gasteiger partial charge < -0.3 is 9.80 Å². The third kappa shape index (κ3) is 2.90. The highest BCUT2D eigenvalue weighted by Gasteiger charge is 2.48. The van der Waals surface area contributed by atoms with Crippen LogP contribution in [0, 0.1) is 11.6 Å². The highest BCUT2D eigenvalue weighted by Crippen LogP contribution is 2.34. The fourth-order valence-corrected chi connectivity index (χ4v) is 3.78. The van der Waals surface area contributed by atoms with Crippen molar-refractivity contribution in [3.8, 4) is 0 Å². The summed E-state index contributed by atoms with van der Waals surface area (Å²) >= 11 is 0. The van der Waals surface area contributed by atoms with Gasteiger partial charge in [-0.3, -0.25) is 9.69 Å². The number of carbonyl (C=O) groups is 1. The molecule has 0 aliphatic carbocycles. The molecular weight excluding hydrogens is 340 g/mol. The summed E-state index contributed by atoms with van der Waals surface area (Å²) in [5.41, 5.74) is 0.289. The quantitative estimate of drug-likeness (QED) is 0.817. The van der Waals surface area contributed by atoms with E-state index in [4.69, 9.17) is 0 Å². The maximum absolute atomic E-state index is 13.6. The Morgan fingerprint density at radius 1 is 1.12 bits per heavy atom. The predicted octanol–water partition coefficient (Wildman–Crippen LogP) is 1.68. The van der Waals surface area contributed by atoms with Gasteiger partial charge in [0.05, 0.1) is 24.5 Å². The van der Waals surface area contributed by atoms with Crippen molar-refractivity contribution in [1.29, 1.82) is 0 Å². The highest BCUT2D eigenvalue weighted by atomic mass is 19.1. The fourth-order valence-electron chi connectivity index (χ4n) is 3.78. The molecule has 0 radical (unpaired) electrons. The molecule has 1 atom stereocenters. The standard InChI is InChI=1S/C18H19F2N5O/c1-23-10-16(26)25(15-4-2-3-13(19)7-15)12-18(23)5-6-24(11-18)17-21-8-14(20)9-22-17/h2-4,7-9H,5-6,10-12H2,1H3/t18-/m1/s1. The maximum Gasteiger partial charge on any atom is 0.241 e. The fraction of sp³-hybridized carbons (Fsp3) is 0.389. The first-order valence-corrected chi connectivity index (χ1v) is 8.47. The molecule has 2 saturated heterocycles. The third-order valence-electron chi connectivity index (χ3n) is 5.28. The largest absolute Gasteiger partial charge is 0.339 e. The van der Waals surface area contributed by atoms with E-state index in [2.05, 4.69) is 14.9 Å². The molecule has 0 N–H and O–H groups in total.